The Labute approximate surface area is 230 Å². The number of likely N-dealkylation sites (tertiary alicyclic amines) is 1. The molecule has 0 bridgehead atoms. The molecule has 2 aliphatic rings. The molecule has 37 heavy (non-hydrogen) atoms. The number of benzene rings is 2. The lowest BCUT2D eigenvalue weighted by Gasteiger charge is -2.39. The van der Waals surface area contributed by atoms with Gasteiger partial charge in [0.05, 0.1) is 15.7 Å². The molecular weight excluding hydrogens is 534 g/mol. The number of carbonyl (C=O) groups is 1. The number of rotatable bonds is 5. The second kappa shape index (κ2) is 11.0. The SMILES string of the molecule is O=C(NCc1ccnc(F)c1)N1CC2(CCN(CC=Cc3ccc(Cl)cc3)CC2)c2cc(Cl)c(Cl)cc21. The topological polar surface area (TPSA) is 48.5 Å². The van der Waals surface area contributed by atoms with Gasteiger partial charge >= 0.3 is 6.03 Å². The average molecular weight is 560 g/mol. The highest BCUT2D eigenvalue weighted by Gasteiger charge is 2.46. The van der Waals surface area contributed by atoms with Gasteiger partial charge in [-0.1, -0.05) is 59.1 Å². The van der Waals surface area contributed by atoms with E-state index in [0.717, 1.165) is 54.3 Å². The summed E-state index contributed by atoms with van der Waals surface area (Å²) in [5.41, 5.74) is 3.40. The quantitative estimate of drug-likeness (QED) is 0.344. The van der Waals surface area contributed by atoms with Gasteiger partial charge in [-0.15, -0.1) is 0 Å². The third-order valence-electron chi connectivity index (χ3n) is 7.20. The zero-order valence-corrected chi connectivity index (χ0v) is 22.3. The fraction of sp³-hybridized carbons (Fsp3) is 0.286. The minimum atomic E-state index is -0.576. The van der Waals surface area contributed by atoms with Crippen LogP contribution < -0.4 is 10.2 Å². The molecule has 3 aromatic rings. The first-order chi connectivity index (χ1) is 17.8. The molecule has 1 fully saturated rings. The summed E-state index contributed by atoms with van der Waals surface area (Å²) in [6, 6.07) is 14.2. The monoisotopic (exact) mass is 558 g/mol. The molecule has 192 valence electrons. The number of urea groups is 1. The van der Waals surface area contributed by atoms with Crippen molar-refractivity contribution in [3.63, 3.8) is 0 Å². The molecule has 1 spiro atoms. The lowest BCUT2D eigenvalue weighted by Crippen LogP contribution is -2.47. The van der Waals surface area contributed by atoms with Crippen LogP contribution in [0.25, 0.3) is 6.08 Å². The molecule has 2 aromatic carbocycles. The Bertz CT molecular complexity index is 1320. The molecule has 1 saturated heterocycles. The Morgan fingerprint density at radius 1 is 1.05 bits per heavy atom. The van der Waals surface area contributed by atoms with Crippen LogP contribution in [0.4, 0.5) is 14.9 Å². The molecule has 1 aromatic heterocycles. The third kappa shape index (κ3) is 5.78. The highest BCUT2D eigenvalue weighted by atomic mass is 35.5. The Morgan fingerprint density at radius 2 is 1.78 bits per heavy atom. The predicted molar refractivity (Wildman–Crippen MR) is 148 cm³/mol. The van der Waals surface area contributed by atoms with Crippen molar-refractivity contribution in [2.24, 2.45) is 0 Å². The van der Waals surface area contributed by atoms with E-state index >= 15 is 0 Å². The number of amides is 2. The summed E-state index contributed by atoms with van der Waals surface area (Å²) in [4.78, 5) is 21.0. The summed E-state index contributed by atoms with van der Waals surface area (Å²) in [6.45, 7) is 3.39. The maximum absolute atomic E-state index is 13.4. The summed E-state index contributed by atoms with van der Waals surface area (Å²) in [7, 11) is 0. The van der Waals surface area contributed by atoms with Crippen LogP contribution in [-0.4, -0.2) is 42.1 Å². The zero-order valence-electron chi connectivity index (χ0n) is 20.1. The number of carbonyl (C=O) groups excluding carboxylic acids is 1. The van der Waals surface area contributed by atoms with Crippen molar-refractivity contribution in [2.75, 3.05) is 31.1 Å². The van der Waals surface area contributed by atoms with Crippen molar-refractivity contribution in [1.82, 2.24) is 15.2 Å². The van der Waals surface area contributed by atoms with E-state index < -0.39 is 5.95 Å². The molecule has 0 atom stereocenters. The number of halogens is 4. The smallest absolute Gasteiger partial charge is 0.322 e. The summed E-state index contributed by atoms with van der Waals surface area (Å²) in [5.74, 6) is -0.576. The number of anilines is 1. The Morgan fingerprint density at radius 3 is 2.51 bits per heavy atom. The number of pyridine rings is 1. The maximum Gasteiger partial charge on any atom is 0.322 e. The Hall–Kier alpha value is -2.64. The number of aromatic nitrogens is 1. The highest BCUT2D eigenvalue weighted by Crippen LogP contribution is 2.49. The van der Waals surface area contributed by atoms with Gasteiger partial charge in [0.1, 0.15) is 0 Å². The molecule has 0 unspecified atom stereocenters. The van der Waals surface area contributed by atoms with E-state index in [1.54, 1.807) is 17.0 Å². The number of nitrogens with zero attached hydrogens (tertiary/aromatic N) is 3. The number of fused-ring (bicyclic) bond motifs is 2. The largest absolute Gasteiger partial charge is 0.334 e. The number of hydrogen-bond donors (Lipinski definition) is 1. The van der Waals surface area contributed by atoms with Crippen molar-refractivity contribution < 1.29 is 9.18 Å². The molecule has 0 saturated carbocycles. The van der Waals surface area contributed by atoms with Crippen LogP contribution >= 0.6 is 34.8 Å². The van der Waals surface area contributed by atoms with Gasteiger partial charge in [0.2, 0.25) is 5.95 Å². The second-order valence-electron chi connectivity index (χ2n) is 9.55. The standard InChI is InChI=1S/C28H26Cl3FN4O/c29-21-5-3-19(4-6-21)2-1-11-35-12-8-28(9-13-35)18-36(25-16-24(31)23(30)15-22(25)28)27(37)34-17-20-7-10-33-26(32)14-20/h1-7,10,14-16H,8-9,11-13,17-18H2,(H,34,37). The van der Waals surface area contributed by atoms with E-state index in [9.17, 15) is 9.18 Å². The van der Waals surface area contributed by atoms with Crippen LogP contribution in [0.2, 0.25) is 15.1 Å². The van der Waals surface area contributed by atoms with Crippen LogP contribution in [0.15, 0.2) is 60.8 Å². The molecule has 9 heteroatoms. The zero-order chi connectivity index (χ0) is 26.0. The van der Waals surface area contributed by atoms with Gasteiger partial charge in [0, 0.05) is 36.3 Å². The van der Waals surface area contributed by atoms with E-state index in [0.29, 0.717) is 22.2 Å². The Balaban J connectivity index is 1.27. The number of nitrogens with one attached hydrogen (secondary N) is 1. The van der Waals surface area contributed by atoms with Crippen LogP contribution in [0.5, 0.6) is 0 Å². The summed E-state index contributed by atoms with van der Waals surface area (Å²) in [5, 5.41) is 4.54. The average Bonchev–Trinajstić information content (AvgIpc) is 3.18. The molecule has 3 heterocycles. The lowest BCUT2D eigenvalue weighted by molar-refractivity contribution is 0.180. The van der Waals surface area contributed by atoms with Gasteiger partial charge in [-0.25, -0.2) is 9.78 Å². The van der Waals surface area contributed by atoms with E-state index in [1.165, 1.54) is 12.3 Å². The third-order valence-corrected chi connectivity index (χ3v) is 8.17. The van der Waals surface area contributed by atoms with Crippen molar-refractivity contribution >= 4 is 52.6 Å². The van der Waals surface area contributed by atoms with Gasteiger partial charge in [-0.3, -0.25) is 9.80 Å². The lowest BCUT2D eigenvalue weighted by atomic mass is 9.74. The fourth-order valence-electron chi connectivity index (χ4n) is 5.17. The molecule has 5 nitrogen and oxygen atoms in total. The number of hydrogen-bond acceptors (Lipinski definition) is 3. The van der Waals surface area contributed by atoms with Crippen molar-refractivity contribution in [1.29, 1.82) is 0 Å². The maximum atomic E-state index is 13.4. The normalized spacial score (nSPS) is 16.9. The van der Waals surface area contributed by atoms with Crippen LogP contribution in [0.1, 0.15) is 29.5 Å². The molecule has 0 radical (unpaired) electrons. The van der Waals surface area contributed by atoms with Crippen molar-refractivity contribution in [2.45, 2.75) is 24.8 Å². The van der Waals surface area contributed by atoms with Crippen LogP contribution in [0, 0.1) is 5.95 Å². The first-order valence-electron chi connectivity index (χ1n) is 12.1. The molecule has 2 aliphatic heterocycles. The van der Waals surface area contributed by atoms with Crippen molar-refractivity contribution in [3.8, 4) is 0 Å². The highest BCUT2D eigenvalue weighted by molar-refractivity contribution is 6.42. The van der Waals surface area contributed by atoms with E-state index in [4.69, 9.17) is 34.8 Å². The minimum absolute atomic E-state index is 0.194. The first-order valence-corrected chi connectivity index (χ1v) is 13.3. The van der Waals surface area contributed by atoms with Gasteiger partial charge in [0.25, 0.3) is 0 Å². The van der Waals surface area contributed by atoms with Crippen LogP contribution in [-0.2, 0) is 12.0 Å². The molecule has 5 rings (SSSR count). The summed E-state index contributed by atoms with van der Waals surface area (Å²) < 4.78 is 13.4. The first kappa shape index (κ1) is 26.0. The van der Waals surface area contributed by atoms with Crippen LogP contribution in [0.3, 0.4) is 0 Å². The molecule has 1 N–H and O–H groups in total. The van der Waals surface area contributed by atoms with Gasteiger partial charge in [-0.05, 0) is 79.0 Å². The van der Waals surface area contributed by atoms with Gasteiger partial charge in [-0.2, -0.15) is 4.39 Å². The summed E-state index contributed by atoms with van der Waals surface area (Å²) >= 11 is 18.8. The predicted octanol–water partition coefficient (Wildman–Crippen LogP) is 6.96. The number of piperidine rings is 1. The fourth-order valence-corrected chi connectivity index (χ4v) is 5.61. The van der Waals surface area contributed by atoms with E-state index in [2.05, 4.69) is 27.4 Å². The molecular formula is C28H26Cl3FN4O. The second-order valence-corrected chi connectivity index (χ2v) is 10.8. The van der Waals surface area contributed by atoms with E-state index in [-0.39, 0.29) is 18.0 Å². The minimum Gasteiger partial charge on any atom is -0.334 e. The molecule has 2 amide bonds. The Kier molecular flexibility index (Phi) is 7.72. The van der Waals surface area contributed by atoms with E-state index in [1.807, 2.05) is 30.3 Å². The van der Waals surface area contributed by atoms with Crippen molar-refractivity contribution in [3.05, 3.63) is 98.5 Å². The summed E-state index contributed by atoms with van der Waals surface area (Å²) in [6.07, 6.45) is 7.45. The molecule has 0 aliphatic carbocycles. The van der Waals surface area contributed by atoms with Gasteiger partial charge in [0.15, 0.2) is 0 Å². The van der Waals surface area contributed by atoms with Gasteiger partial charge < -0.3 is 5.32 Å².